The molecule has 0 aliphatic heterocycles. The maximum Gasteiger partial charge on any atom is 0.249 e. The predicted molar refractivity (Wildman–Crippen MR) is 56.1 cm³/mol. The fraction of sp³-hybridized carbons (Fsp3) is 0.455. The van der Waals surface area contributed by atoms with Gasteiger partial charge in [0.05, 0.1) is 12.8 Å². The van der Waals surface area contributed by atoms with Crippen LogP contribution in [0.15, 0.2) is 23.6 Å². The standard InChI is InChI=1S/C11H15NO3/c1-4-12(5-2)9-6-8(15-3)7-10(13)11(9)14/h6-7H,4-5H2,1-3H3. The average molecular weight is 209 g/mol. The Bertz CT molecular complexity index is 338. The third-order valence-electron chi connectivity index (χ3n) is 2.35. The lowest BCUT2D eigenvalue weighted by Crippen LogP contribution is -2.32. The fourth-order valence-electron chi connectivity index (χ4n) is 1.48. The molecule has 1 aliphatic rings. The van der Waals surface area contributed by atoms with Gasteiger partial charge in [-0.1, -0.05) is 0 Å². The Kier molecular flexibility index (Phi) is 3.66. The van der Waals surface area contributed by atoms with Crippen LogP contribution in [0.25, 0.3) is 0 Å². The highest BCUT2D eigenvalue weighted by atomic mass is 16.5. The second-order valence-electron chi connectivity index (χ2n) is 3.15. The third-order valence-corrected chi connectivity index (χ3v) is 2.35. The Labute approximate surface area is 89.2 Å². The molecule has 0 aromatic carbocycles. The van der Waals surface area contributed by atoms with Crippen molar-refractivity contribution in [3.05, 3.63) is 23.6 Å². The summed E-state index contributed by atoms with van der Waals surface area (Å²) in [6, 6.07) is 0. The van der Waals surface area contributed by atoms with Crippen molar-refractivity contribution in [2.45, 2.75) is 13.8 Å². The molecule has 4 heteroatoms. The van der Waals surface area contributed by atoms with Crippen molar-refractivity contribution < 1.29 is 14.3 Å². The highest BCUT2D eigenvalue weighted by Crippen LogP contribution is 2.16. The number of hydrogen-bond donors (Lipinski definition) is 0. The lowest BCUT2D eigenvalue weighted by molar-refractivity contribution is -0.132. The zero-order chi connectivity index (χ0) is 11.4. The number of nitrogens with zero attached hydrogens (tertiary/aromatic N) is 1. The first-order chi connectivity index (χ1) is 7.13. The van der Waals surface area contributed by atoms with E-state index in [0.29, 0.717) is 24.5 Å². The van der Waals surface area contributed by atoms with Crippen molar-refractivity contribution in [3.8, 4) is 0 Å². The van der Waals surface area contributed by atoms with Gasteiger partial charge in [0.15, 0.2) is 0 Å². The van der Waals surface area contributed by atoms with Gasteiger partial charge in [0.2, 0.25) is 11.6 Å². The molecule has 0 aromatic rings. The van der Waals surface area contributed by atoms with E-state index in [4.69, 9.17) is 4.74 Å². The molecule has 15 heavy (non-hydrogen) atoms. The molecule has 0 radical (unpaired) electrons. The molecule has 0 N–H and O–H groups in total. The molecule has 4 nitrogen and oxygen atoms in total. The van der Waals surface area contributed by atoms with Crippen LogP contribution in [0.4, 0.5) is 0 Å². The van der Waals surface area contributed by atoms with Crippen LogP contribution in [0.5, 0.6) is 0 Å². The van der Waals surface area contributed by atoms with Crippen LogP contribution in [-0.2, 0) is 14.3 Å². The van der Waals surface area contributed by atoms with Crippen molar-refractivity contribution >= 4 is 11.6 Å². The van der Waals surface area contributed by atoms with Crippen LogP contribution in [0, 0.1) is 0 Å². The molecule has 0 heterocycles. The van der Waals surface area contributed by atoms with Crippen molar-refractivity contribution in [1.29, 1.82) is 0 Å². The summed E-state index contributed by atoms with van der Waals surface area (Å²) >= 11 is 0. The Hall–Kier alpha value is -1.58. The summed E-state index contributed by atoms with van der Waals surface area (Å²) in [5, 5.41) is 0. The zero-order valence-electron chi connectivity index (χ0n) is 9.24. The number of likely N-dealkylation sites (N-methyl/N-ethyl adjacent to an activating group) is 1. The van der Waals surface area contributed by atoms with E-state index in [1.54, 1.807) is 6.08 Å². The molecular formula is C11H15NO3. The number of allylic oxidation sites excluding steroid dienone is 3. The van der Waals surface area contributed by atoms with Crippen molar-refractivity contribution in [3.63, 3.8) is 0 Å². The van der Waals surface area contributed by atoms with E-state index in [-0.39, 0.29) is 0 Å². The number of carbonyl (C=O) groups excluding carboxylic acids is 2. The van der Waals surface area contributed by atoms with Crippen LogP contribution in [0.2, 0.25) is 0 Å². The van der Waals surface area contributed by atoms with E-state index in [9.17, 15) is 9.59 Å². The first-order valence-corrected chi connectivity index (χ1v) is 4.95. The SMILES string of the molecule is CCN(CC)C1=CC(OC)=CC(=O)C1=O. The summed E-state index contributed by atoms with van der Waals surface area (Å²) in [5.74, 6) is -0.544. The maximum atomic E-state index is 11.6. The lowest BCUT2D eigenvalue weighted by atomic mass is 10.1. The summed E-state index contributed by atoms with van der Waals surface area (Å²) in [4.78, 5) is 24.8. The summed E-state index contributed by atoms with van der Waals surface area (Å²) in [6.07, 6.45) is 2.83. The molecule has 0 unspecified atom stereocenters. The quantitative estimate of drug-likeness (QED) is 0.509. The number of carbonyl (C=O) groups is 2. The van der Waals surface area contributed by atoms with Crippen LogP contribution < -0.4 is 0 Å². The van der Waals surface area contributed by atoms with E-state index in [0.717, 1.165) is 0 Å². The average Bonchev–Trinajstić information content (AvgIpc) is 2.25. The number of hydrogen-bond acceptors (Lipinski definition) is 4. The minimum absolute atomic E-state index is 0.421. The van der Waals surface area contributed by atoms with Crippen LogP contribution >= 0.6 is 0 Å². The second kappa shape index (κ2) is 4.77. The monoisotopic (exact) mass is 209 g/mol. The van der Waals surface area contributed by atoms with Gasteiger partial charge in [-0.2, -0.15) is 0 Å². The minimum atomic E-state index is -0.517. The topological polar surface area (TPSA) is 46.6 Å². The number of rotatable bonds is 4. The summed E-state index contributed by atoms with van der Waals surface area (Å²) < 4.78 is 4.96. The van der Waals surface area contributed by atoms with Gasteiger partial charge in [0.25, 0.3) is 0 Å². The van der Waals surface area contributed by atoms with E-state index in [1.165, 1.54) is 13.2 Å². The van der Waals surface area contributed by atoms with Gasteiger partial charge in [-0.15, -0.1) is 0 Å². The maximum absolute atomic E-state index is 11.6. The Morgan fingerprint density at radius 3 is 2.27 bits per heavy atom. The number of methoxy groups -OCH3 is 1. The largest absolute Gasteiger partial charge is 0.497 e. The molecule has 1 aliphatic carbocycles. The number of ketones is 2. The van der Waals surface area contributed by atoms with Gasteiger partial charge in [0.1, 0.15) is 5.76 Å². The molecule has 0 amide bonds. The van der Waals surface area contributed by atoms with Gasteiger partial charge >= 0.3 is 0 Å². The van der Waals surface area contributed by atoms with Crippen LogP contribution in [0.1, 0.15) is 13.8 Å². The van der Waals surface area contributed by atoms with Gasteiger partial charge in [0, 0.05) is 25.2 Å². The summed E-state index contributed by atoms with van der Waals surface area (Å²) in [5.41, 5.74) is 0.421. The smallest absolute Gasteiger partial charge is 0.249 e. The fourth-order valence-corrected chi connectivity index (χ4v) is 1.48. The van der Waals surface area contributed by atoms with Gasteiger partial charge < -0.3 is 9.64 Å². The highest BCUT2D eigenvalue weighted by Gasteiger charge is 2.25. The third kappa shape index (κ3) is 2.26. The predicted octanol–water partition coefficient (Wildman–Crippen LogP) is 0.894. The minimum Gasteiger partial charge on any atom is -0.497 e. The van der Waals surface area contributed by atoms with E-state index < -0.39 is 11.6 Å². The van der Waals surface area contributed by atoms with Crippen LogP contribution in [0.3, 0.4) is 0 Å². The Balaban J connectivity index is 3.04. The van der Waals surface area contributed by atoms with Crippen molar-refractivity contribution in [1.82, 2.24) is 4.90 Å². The molecule has 0 spiro atoms. The van der Waals surface area contributed by atoms with E-state index in [1.807, 2.05) is 18.7 Å². The normalized spacial score (nSPS) is 15.9. The molecule has 0 atom stereocenters. The highest BCUT2D eigenvalue weighted by molar-refractivity contribution is 6.48. The van der Waals surface area contributed by atoms with Gasteiger partial charge in [-0.3, -0.25) is 9.59 Å². The molecule has 0 bridgehead atoms. The van der Waals surface area contributed by atoms with E-state index >= 15 is 0 Å². The lowest BCUT2D eigenvalue weighted by Gasteiger charge is -2.24. The van der Waals surface area contributed by atoms with Crippen LogP contribution in [-0.4, -0.2) is 36.7 Å². The molecule has 0 saturated carbocycles. The molecule has 0 aromatic heterocycles. The van der Waals surface area contributed by atoms with Crippen molar-refractivity contribution in [2.24, 2.45) is 0 Å². The molecule has 82 valence electrons. The van der Waals surface area contributed by atoms with Gasteiger partial charge in [-0.05, 0) is 13.8 Å². The van der Waals surface area contributed by atoms with Crippen molar-refractivity contribution in [2.75, 3.05) is 20.2 Å². The Morgan fingerprint density at radius 2 is 1.80 bits per heavy atom. The summed E-state index contributed by atoms with van der Waals surface area (Å²) in [7, 11) is 1.48. The second-order valence-corrected chi connectivity index (χ2v) is 3.15. The van der Waals surface area contributed by atoms with Gasteiger partial charge in [-0.25, -0.2) is 0 Å². The first-order valence-electron chi connectivity index (χ1n) is 4.95. The molecule has 0 fully saturated rings. The zero-order valence-corrected chi connectivity index (χ0v) is 9.24. The Morgan fingerprint density at radius 1 is 1.20 bits per heavy atom. The molecule has 0 saturated heterocycles. The first kappa shape index (κ1) is 11.5. The molecular weight excluding hydrogens is 194 g/mol. The molecule has 1 rings (SSSR count). The summed E-state index contributed by atoms with van der Waals surface area (Å²) in [6.45, 7) is 5.26. The number of Topliss-reactive ketones (excluding diaryl/α,β-unsaturated/α-hetero) is 1. The van der Waals surface area contributed by atoms with E-state index in [2.05, 4.69) is 0 Å². The number of ether oxygens (including phenoxy) is 1.